The van der Waals surface area contributed by atoms with Crippen LogP contribution < -0.4 is 10.6 Å². The number of hydrogen-bond donors (Lipinski definition) is 2. The van der Waals surface area contributed by atoms with E-state index in [0.717, 1.165) is 12.8 Å². The number of anilines is 1. The molecule has 1 heterocycles. The van der Waals surface area contributed by atoms with E-state index in [1.165, 1.54) is 0 Å². The van der Waals surface area contributed by atoms with Gasteiger partial charge in [-0.25, -0.2) is 0 Å². The fourth-order valence-electron chi connectivity index (χ4n) is 1.39. The van der Waals surface area contributed by atoms with Gasteiger partial charge in [0.2, 0.25) is 5.89 Å². The smallest absolute Gasteiger partial charge is 0.315 e. The van der Waals surface area contributed by atoms with Crippen LogP contribution in [0.4, 0.5) is 6.01 Å². The van der Waals surface area contributed by atoms with Crippen molar-refractivity contribution >= 4 is 6.01 Å². The lowest BCUT2D eigenvalue weighted by atomic mass is 10.2. The molecule has 0 saturated heterocycles. The summed E-state index contributed by atoms with van der Waals surface area (Å²) in [5.74, 6) is 0.625. The number of aromatic nitrogens is 2. The Kier molecular flexibility index (Phi) is 5.25. The first-order chi connectivity index (χ1) is 7.61. The zero-order valence-electron chi connectivity index (χ0n) is 10.6. The van der Waals surface area contributed by atoms with Crippen molar-refractivity contribution in [3.05, 3.63) is 5.89 Å². The Bertz CT molecular complexity index is 298. The topological polar surface area (TPSA) is 63.0 Å². The summed E-state index contributed by atoms with van der Waals surface area (Å²) in [7, 11) is 0. The predicted octanol–water partition coefficient (Wildman–Crippen LogP) is 2.17. The molecule has 0 aliphatic rings. The fraction of sp³-hybridized carbons (Fsp3) is 0.818. The minimum Gasteiger partial charge on any atom is -0.407 e. The minimum atomic E-state index is 0.372. The van der Waals surface area contributed by atoms with Gasteiger partial charge in [0.05, 0.1) is 6.54 Å². The zero-order chi connectivity index (χ0) is 12.0. The summed E-state index contributed by atoms with van der Waals surface area (Å²) in [5.41, 5.74) is 0. The van der Waals surface area contributed by atoms with Gasteiger partial charge in [0.15, 0.2) is 0 Å². The third-order valence-electron chi connectivity index (χ3n) is 2.22. The Hall–Kier alpha value is -1.10. The molecule has 0 radical (unpaired) electrons. The largest absolute Gasteiger partial charge is 0.407 e. The van der Waals surface area contributed by atoms with Gasteiger partial charge in [-0.05, 0) is 13.3 Å². The average Bonchev–Trinajstić information content (AvgIpc) is 2.63. The normalized spacial score (nSPS) is 13.1. The summed E-state index contributed by atoms with van der Waals surface area (Å²) in [4.78, 5) is 0. The Balaban J connectivity index is 2.39. The van der Waals surface area contributed by atoms with Crippen LogP contribution in [0.15, 0.2) is 4.42 Å². The molecule has 1 rings (SSSR count). The van der Waals surface area contributed by atoms with E-state index in [-0.39, 0.29) is 0 Å². The molecule has 1 unspecified atom stereocenters. The highest BCUT2D eigenvalue weighted by atomic mass is 16.4. The molecule has 1 aromatic heterocycles. The minimum absolute atomic E-state index is 0.372. The van der Waals surface area contributed by atoms with E-state index in [2.05, 4.69) is 48.5 Å². The molecule has 0 aliphatic carbocycles. The van der Waals surface area contributed by atoms with Crippen LogP contribution in [0.25, 0.3) is 0 Å². The number of hydrogen-bond acceptors (Lipinski definition) is 5. The van der Waals surface area contributed by atoms with Crippen molar-refractivity contribution in [2.75, 3.05) is 5.32 Å². The summed E-state index contributed by atoms with van der Waals surface area (Å²) in [6, 6.07) is 1.31. The zero-order valence-corrected chi connectivity index (χ0v) is 10.6. The molecule has 0 aliphatic heterocycles. The first kappa shape index (κ1) is 13.0. The van der Waals surface area contributed by atoms with Gasteiger partial charge < -0.3 is 15.1 Å². The second-order valence-corrected chi connectivity index (χ2v) is 4.37. The van der Waals surface area contributed by atoms with Crippen molar-refractivity contribution < 1.29 is 4.42 Å². The molecular weight excluding hydrogens is 204 g/mol. The molecule has 5 nitrogen and oxygen atoms in total. The molecule has 0 bridgehead atoms. The third kappa shape index (κ3) is 4.61. The lowest BCUT2D eigenvalue weighted by Gasteiger charge is -2.09. The summed E-state index contributed by atoms with van der Waals surface area (Å²) >= 11 is 0. The predicted molar refractivity (Wildman–Crippen MR) is 64.3 cm³/mol. The second-order valence-electron chi connectivity index (χ2n) is 4.37. The van der Waals surface area contributed by atoms with Crippen molar-refractivity contribution in [1.82, 2.24) is 15.5 Å². The summed E-state index contributed by atoms with van der Waals surface area (Å²) in [5, 5.41) is 14.3. The lowest BCUT2D eigenvalue weighted by Crippen LogP contribution is -2.21. The highest BCUT2D eigenvalue weighted by Gasteiger charge is 2.08. The summed E-state index contributed by atoms with van der Waals surface area (Å²) in [6.07, 6.45) is 2.24. The molecule has 1 aromatic rings. The molecule has 0 fully saturated rings. The van der Waals surface area contributed by atoms with Crippen LogP contribution >= 0.6 is 0 Å². The van der Waals surface area contributed by atoms with Gasteiger partial charge in [0.25, 0.3) is 0 Å². The van der Waals surface area contributed by atoms with E-state index >= 15 is 0 Å². The Morgan fingerprint density at radius 3 is 2.62 bits per heavy atom. The van der Waals surface area contributed by atoms with Gasteiger partial charge in [0, 0.05) is 12.1 Å². The maximum absolute atomic E-state index is 5.46. The maximum Gasteiger partial charge on any atom is 0.315 e. The molecule has 0 amide bonds. The first-order valence-electron chi connectivity index (χ1n) is 5.94. The van der Waals surface area contributed by atoms with Crippen molar-refractivity contribution in [3.63, 3.8) is 0 Å². The van der Waals surface area contributed by atoms with Gasteiger partial charge in [-0.3, -0.25) is 0 Å². The quantitative estimate of drug-likeness (QED) is 0.746. The van der Waals surface area contributed by atoms with E-state index < -0.39 is 0 Å². The van der Waals surface area contributed by atoms with Crippen molar-refractivity contribution in [2.24, 2.45) is 0 Å². The van der Waals surface area contributed by atoms with Gasteiger partial charge in [0.1, 0.15) is 0 Å². The first-order valence-corrected chi connectivity index (χ1v) is 5.94. The van der Waals surface area contributed by atoms with E-state index in [1.54, 1.807) is 0 Å². The van der Waals surface area contributed by atoms with Crippen molar-refractivity contribution in [2.45, 2.75) is 59.2 Å². The average molecular weight is 226 g/mol. The molecule has 0 aromatic carbocycles. The monoisotopic (exact) mass is 226 g/mol. The Morgan fingerprint density at radius 1 is 1.25 bits per heavy atom. The van der Waals surface area contributed by atoms with Gasteiger partial charge in [-0.15, -0.1) is 5.10 Å². The van der Waals surface area contributed by atoms with Crippen LogP contribution in [0.5, 0.6) is 0 Å². The molecule has 16 heavy (non-hydrogen) atoms. The second kappa shape index (κ2) is 6.48. The fourth-order valence-corrected chi connectivity index (χ4v) is 1.39. The molecule has 92 valence electrons. The van der Waals surface area contributed by atoms with Gasteiger partial charge >= 0.3 is 6.01 Å². The molecule has 2 N–H and O–H groups in total. The maximum atomic E-state index is 5.46. The van der Waals surface area contributed by atoms with Crippen molar-refractivity contribution in [1.29, 1.82) is 0 Å². The standard InChI is InChI=1S/C11H22N4O/c1-5-6-9(4)13-11-15-14-10(16-11)7-12-8(2)3/h8-9,12H,5-7H2,1-4H3,(H,13,15). The van der Waals surface area contributed by atoms with Crippen molar-refractivity contribution in [3.8, 4) is 0 Å². The van der Waals surface area contributed by atoms with E-state index in [4.69, 9.17) is 4.42 Å². The van der Waals surface area contributed by atoms with E-state index in [0.29, 0.717) is 30.5 Å². The number of nitrogens with one attached hydrogen (secondary N) is 2. The lowest BCUT2D eigenvalue weighted by molar-refractivity contribution is 0.455. The highest BCUT2D eigenvalue weighted by molar-refractivity contribution is 5.18. The van der Waals surface area contributed by atoms with Crippen LogP contribution in [0.1, 0.15) is 46.4 Å². The molecule has 5 heteroatoms. The Labute approximate surface area is 97.0 Å². The van der Waals surface area contributed by atoms with E-state index in [9.17, 15) is 0 Å². The number of rotatable bonds is 7. The third-order valence-corrected chi connectivity index (χ3v) is 2.22. The Morgan fingerprint density at radius 2 is 2.00 bits per heavy atom. The van der Waals surface area contributed by atoms with Crippen LogP contribution in [0.2, 0.25) is 0 Å². The molecular formula is C11H22N4O. The summed E-state index contributed by atoms with van der Waals surface area (Å²) < 4.78 is 5.46. The van der Waals surface area contributed by atoms with Crippen LogP contribution in [0.3, 0.4) is 0 Å². The van der Waals surface area contributed by atoms with Gasteiger partial charge in [-0.1, -0.05) is 32.3 Å². The molecule has 1 atom stereocenters. The number of nitrogens with zero attached hydrogens (tertiary/aromatic N) is 2. The van der Waals surface area contributed by atoms with Crippen LogP contribution in [0, 0.1) is 0 Å². The SMILES string of the molecule is CCCC(C)Nc1nnc(CNC(C)C)o1. The molecule has 0 spiro atoms. The van der Waals surface area contributed by atoms with Crippen LogP contribution in [-0.2, 0) is 6.54 Å². The van der Waals surface area contributed by atoms with Crippen LogP contribution in [-0.4, -0.2) is 22.3 Å². The van der Waals surface area contributed by atoms with Gasteiger partial charge in [-0.2, -0.15) is 0 Å². The van der Waals surface area contributed by atoms with E-state index in [1.807, 2.05) is 0 Å². The summed E-state index contributed by atoms with van der Waals surface area (Å²) in [6.45, 7) is 9.05. The molecule has 0 saturated carbocycles. The highest BCUT2D eigenvalue weighted by Crippen LogP contribution is 2.09.